The minimum atomic E-state index is -3.56. The summed E-state index contributed by atoms with van der Waals surface area (Å²) in [5.41, 5.74) is 2.86. The number of hydrogen-bond donors (Lipinski definition) is 2. The second-order valence-corrected chi connectivity index (χ2v) is 9.75. The molecule has 0 amide bonds. The predicted molar refractivity (Wildman–Crippen MR) is 123 cm³/mol. The van der Waals surface area contributed by atoms with Crippen LogP contribution in [-0.2, 0) is 10.0 Å². The lowest BCUT2D eigenvalue weighted by Crippen LogP contribution is -2.25. The van der Waals surface area contributed by atoms with Gasteiger partial charge < -0.3 is 5.32 Å². The number of aromatic nitrogens is 2. The van der Waals surface area contributed by atoms with E-state index in [0.717, 1.165) is 29.4 Å². The molecule has 1 aromatic heterocycles. The summed E-state index contributed by atoms with van der Waals surface area (Å²) in [6.07, 6.45) is 3.18. The molecule has 0 atom stereocenters. The van der Waals surface area contributed by atoms with Crippen LogP contribution in [0.15, 0.2) is 71.9 Å². The highest BCUT2D eigenvalue weighted by molar-refractivity contribution is 7.89. The topological polar surface area (TPSA) is 84.0 Å². The molecule has 0 saturated heterocycles. The lowest BCUT2D eigenvalue weighted by Gasteiger charge is -2.11. The quantitative estimate of drug-likeness (QED) is 0.402. The van der Waals surface area contributed by atoms with Crippen molar-refractivity contribution >= 4 is 44.0 Å². The molecule has 0 aliphatic heterocycles. The Morgan fingerprint density at radius 3 is 2.56 bits per heavy atom. The second kappa shape index (κ2) is 8.12. The lowest BCUT2D eigenvalue weighted by atomic mass is 10.0. The van der Waals surface area contributed by atoms with E-state index in [-0.39, 0.29) is 16.0 Å². The van der Waals surface area contributed by atoms with Gasteiger partial charge in [0.25, 0.3) is 0 Å². The fourth-order valence-corrected chi connectivity index (χ4v) is 4.91. The number of nitrogens with zero attached hydrogens (tertiary/aromatic N) is 2. The van der Waals surface area contributed by atoms with Gasteiger partial charge in [-0.3, -0.25) is 0 Å². The Morgan fingerprint density at radius 2 is 1.78 bits per heavy atom. The maximum atomic E-state index is 13.5. The van der Waals surface area contributed by atoms with Crippen molar-refractivity contribution in [2.24, 2.45) is 0 Å². The first-order valence-corrected chi connectivity index (χ1v) is 11.8. The van der Waals surface area contributed by atoms with Gasteiger partial charge in [-0.25, -0.2) is 27.5 Å². The van der Waals surface area contributed by atoms with Crippen molar-refractivity contribution in [1.82, 2.24) is 14.7 Å². The molecule has 3 aromatic carbocycles. The first kappa shape index (κ1) is 20.8. The van der Waals surface area contributed by atoms with E-state index in [0.29, 0.717) is 17.0 Å². The summed E-state index contributed by atoms with van der Waals surface area (Å²) in [5, 5.41) is 3.89. The van der Waals surface area contributed by atoms with Crippen LogP contribution in [0.1, 0.15) is 12.8 Å². The molecule has 6 nitrogen and oxygen atoms in total. The van der Waals surface area contributed by atoms with Crippen molar-refractivity contribution < 1.29 is 12.8 Å². The summed E-state index contributed by atoms with van der Waals surface area (Å²) >= 11 is 5.89. The van der Waals surface area contributed by atoms with Crippen molar-refractivity contribution in [3.8, 4) is 11.1 Å². The van der Waals surface area contributed by atoms with Gasteiger partial charge in [0.15, 0.2) is 0 Å². The summed E-state index contributed by atoms with van der Waals surface area (Å²) < 4.78 is 41.4. The third-order valence-electron chi connectivity index (χ3n) is 5.19. The molecule has 0 radical (unpaired) electrons. The minimum absolute atomic E-state index is 0.00637. The number of fused-ring (bicyclic) bond motifs is 1. The van der Waals surface area contributed by atoms with E-state index in [1.807, 2.05) is 24.3 Å². The van der Waals surface area contributed by atoms with Crippen molar-refractivity contribution in [2.75, 3.05) is 5.32 Å². The highest BCUT2D eigenvalue weighted by Crippen LogP contribution is 2.31. The number of benzene rings is 3. The van der Waals surface area contributed by atoms with E-state index >= 15 is 0 Å². The zero-order valence-electron chi connectivity index (χ0n) is 16.7. The highest BCUT2D eigenvalue weighted by Gasteiger charge is 2.28. The highest BCUT2D eigenvalue weighted by atomic mass is 35.5. The van der Waals surface area contributed by atoms with Gasteiger partial charge in [0.05, 0.1) is 15.4 Å². The molecule has 9 heteroatoms. The monoisotopic (exact) mass is 468 g/mol. The van der Waals surface area contributed by atoms with Gasteiger partial charge in [-0.05, 0) is 66.4 Å². The van der Waals surface area contributed by atoms with Crippen LogP contribution in [0, 0.1) is 5.82 Å². The van der Waals surface area contributed by atoms with Gasteiger partial charge in [-0.15, -0.1) is 0 Å². The van der Waals surface area contributed by atoms with Crippen LogP contribution in [0.4, 0.5) is 15.9 Å². The average Bonchev–Trinajstić information content (AvgIpc) is 3.60. The molecule has 1 fully saturated rings. The molecule has 1 aliphatic carbocycles. The maximum Gasteiger partial charge on any atom is 0.240 e. The number of anilines is 2. The molecule has 2 N–H and O–H groups in total. The number of hydrogen-bond acceptors (Lipinski definition) is 5. The van der Waals surface area contributed by atoms with Crippen LogP contribution in [0.5, 0.6) is 0 Å². The molecule has 0 bridgehead atoms. The Balaban J connectivity index is 1.52. The Labute approximate surface area is 189 Å². The first-order valence-electron chi connectivity index (χ1n) is 9.99. The Bertz CT molecular complexity index is 1440. The summed E-state index contributed by atoms with van der Waals surface area (Å²) in [6, 6.07) is 16.8. The number of rotatable bonds is 6. The zero-order valence-corrected chi connectivity index (χ0v) is 18.3. The summed E-state index contributed by atoms with van der Waals surface area (Å²) in [5.74, 6) is 0.0248. The maximum absolute atomic E-state index is 13.5. The van der Waals surface area contributed by atoms with E-state index in [4.69, 9.17) is 11.6 Å². The van der Waals surface area contributed by atoms with Crippen molar-refractivity contribution in [3.05, 3.63) is 77.8 Å². The van der Waals surface area contributed by atoms with Gasteiger partial charge in [0.2, 0.25) is 10.0 Å². The number of sulfonamides is 1. The van der Waals surface area contributed by atoms with Gasteiger partial charge in [0, 0.05) is 17.1 Å². The Hall–Kier alpha value is -3.07. The summed E-state index contributed by atoms with van der Waals surface area (Å²) in [7, 11) is -3.56. The zero-order chi connectivity index (χ0) is 22.3. The molecular weight excluding hydrogens is 451 g/mol. The molecule has 1 heterocycles. The first-order chi connectivity index (χ1) is 15.4. The third kappa shape index (κ3) is 4.29. The molecular formula is C23H18ClFN4O2S. The molecule has 32 heavy (non-hydrogen) atoms. The number of nitrogens with one attached hydrogen (secondary N) is 2. The summed E-state index contributed by atoms with van der Waals surface area (Å²) in [4.78, 5) is 8.85. The van der Waals surface area contributed by atoms with E-state index in [2.05, 4.69) is 20.0 Å². The Morgan fingerprint density at radius 1 is 0.969 bits per heavy atom. The fraction of sp³-hybridized carbons (Fsp3) is 0.130. The van der Waals surface area contributed by atoms with Crippen molar-refractivity contribution in [3.63, 3.8) is 0 Å². The van der Waals surface area contributed by atoms with E-state index in [9.17, 15) is 12.8 Å². The standard InChI is InChI=1S/C23H18ClFN4O2S/c24-20-12-17(7-8-21(20)25)28-23-19-11-15(4-9-22(19)26-13-27-23)14-2-1-3-18(10-14)32(30,31)29-16-5-6-16/h1-4,7-13,16,29H,5-6H2,(H,26,27,28). The van der Waals surface area contributed by atoms with Gasteiger partial charge in [0.1, 0.15) is 18.0 Å². The van der Waals surface area contributed by atoms with Crippen LogP contribution >= 0.6 is 11.6 Å². The molecule has 162 valence electrons. The van der Waals surface area contributed by atoms with Crippen LogP contribution in [0.25, 0.3) is 22.0 Å². The number of halogens is 2. The van der Waals surface area contributed by atoms with Gasteiger partial charge in [-0.2, -0.15) is 0 Å². The van der Waals surface area contributed by atoms with Gasteiger partial charge in [-0.1, -0.05) is 29.8 Å². The third-order valence-corrected chi connectivity index (χ3v) is 7.00. The minimum Gasteiger partial charge on any atom is -0.340 e. The average molecular weight is 469 g/mol. The molecule has 0 spiro atoms. The molecule has 4 aromatic rings. The lowest BCUT2D eigenvalue weighted by molar-refractivity contribution is 0.581. The molecule has 5 rings (SSSR count). The normalized spacial score (nSPS) is 13.9. The van der Waals surface area contributed by atoms with E-state index < -0.39 is 15.8 Å². The van der Waals surface area contributed by atoms with E-state index in [1.165, 1.54) is 18.5 Å². The van der Waals surface area contributed by atoms with Gasteiger partial charge >= 0.3 is 0 Å². The second-order valence-electron chi connectivity index (χ2n) is 7.63. The predicted octanol–water partition coefficient (Wildman–Crippen LogP) is 5.27. The van der Waals surface area contributed by atoms with Crippen LogP contribution in [-0.4, -0.2) is 24.4 Å². The fourth-order valence-electron chi connectivity index (χ4n) is 3.38. The molecule has 1 saturated carbocycles. The summed E-state index contributed by atoms with van der Waals surface area (Å²) in [6.45, 7) is 0. The molecule has 1 aliphatic rings. The van der Waals surface area contributed by atoms with Crippen LogP contribution in [0.2, 0.25) is 5.02 Å². The van der Waals surface area contributed by atoms with E-state index in [1.54, 1.807) is 24.3 Å². The van der Waals surface area contributed by atoms with Crippen molar-refractivity contribution in [2.45, 2.75) is 23.8 Å². The van der Waals surface area contributed by atoms with Crippen LogP contribution in [0.3, 0.4) is 0 Å². The van der Waals surface area contributed by atoms with Crippen LogP contribution < -0.4 is 10.0 Å². The largest absolute Gasteiger partial charge is 0.340 e. The molecule has 0 unspecified atom stereocenters. The Kier molecular flexibility index (Phi) is 5.28. The smallest absolute Gasteiger partial charge is 0.240 e. The van der Waals surface area contributed by atoms with Crippen molar-refractivity contribution in [1.29, 1.82) is 0 Å². The SMILES string of the molecule is O=S(=O)(NC1CC1)c1cccc(-c2ccc3ncnc(Nc4ccc(F)c(Cl)c4)c3c2)c1.